The van der Waals surface area contributed by atoms with Crippen LogP contribution >= 0.6 is 22.9 Å². The Kier molecular flexibility index (Phi) is 9.08. The van der Waals surface area contributed by atoms with Crippen molar-refractivity contribution in [1.29, 1.82) is 0 Å². The lowest BCUT2D eigenvalue weighted by Gasteiger charge is -2.31. The van der Waals surface area contributed by atoms with Crippen LogP contribution in [-0.4, -0.2) is 67.4 Å². The molecule has 1 atom stereocenters. The minimum absolute atomic E-state index is 0.0324. The number of likely N-dealkylation sites (tertiary alicyclic amines) is 1. The molecule has 1 aliphatic heterocycles. The molecular weight excluding hydrogens is 571 g/mol. The molecular formula is C25H34ClFN4O6S2. The number of carbonyl (C=O) groups excluding carboxylic acids is 2. The second-order valence-corrected chi connectivity index (χ2v) is 13.9. The minimum Gasteiger partial charge on any atom is -0.444 e. The van der Waals surface area contributed by atoms with Crippen LogP contribution in [-0.2, 0) is 19.5 Å². The first-order valence-corrected chi connectivity index (χ1v) is 15.1. The highest BCUT2D eigenvalue weighted by molar-refractivity contribution is 7.93. The Balaban J connectivity index is 1.94. The fraction of sp³-hybridized carbons (Fsp3) is 0.560. The van der Waals surface area contributed by atoms with E-state index in [-0.39, 0.29) is 22.6 Å². The number of thiazole rings is 1. The Bertz CT molecular complexity index is 1310. The van der Waals surface area contributed by atoms with E-state index in [1.54, 1.807) is 46.4 Å². The van der Waals surface area contributed by atoms with Gasteiger partial charge in [-0.2, -0.15) is 0 Å². The summed E-state index contributed by atoms with van der Waals surface area (Å²) in [4.78, 5) is 32.0. The molecule has 2 amide bonds. The van der Waals surface area contributed by atoms with Gasteiger partial charge in [-0.15, -0.1) is 15.6 Å². The smallest absolute Gasteiger partial charge is 0.430 e. The first kappa shape index (κ1) is 30.9. The van der Waals surface area contributed by atoms with Crippen molar-refractivity contribution in [2.24, 2.45) is 0 Å². The molecule has 39 heavy (non-hydrogen) atoms. The molecule has 2 aromatic rings. The Morgan fingerprint density at radius 2 is 1.82 bits per heavy atom. The number of hydrogen-bond acceptors (Lipinski definition) is 9. The van der Waals surface area contributed by atoms with E-state index >= 15 is 4.39 Å². The fourth-order valence-corrected chi connectivity index (χ4v) is 6.34. The number of aromatic nitrogens is 1. The van der Waals surface area contributed by atoms with Gasteiger partial charge in [-0.3, -0.25) is 0 Å². The molecule has 3 rings (SSSR count). The Labute approximate surface area is 237 Å². The maximum absolute atomic E-state index is 15.6. The molecule has 2 heterocycles. The summed E-state index contributed by atoms with van der Waals surface area (Å²) < 4.78 is 53.8. The van der Waals surface area contributed by atoms with Crippen LogP contribution in [0.3, 0.4) is 0 Å². The molecule has 14 heteroatoms. The van der Waals surface area contributed by atoms with Gasteiger partial charge in [0, 0.05) is 37.1 Å². The number of nitrogens with zero attached hydrogens (tertiary/aromatic N) is 4. The average Bonchev–Trinajstić information content (AvgIpc) is 3.46. The first-order valence-electron chi connectivity index (χ1n) is 12.3. The number of ether oxygens (including phenoxy) is 2. The molecule has 10 nitrogen and oxygen atoms in total. The summed E-state index contributed by atoms with van der Waals surface area (Å²) in [6.45, 7) is 13.1. The maximum atomic E-state index is 15.6. The summed E-state index contributed by atoms with van der Waals surface area (Å²) in [6, 6.07) is 1.81. The summed E-state index contributed by atoms with van der Waals surface area (Å²) in [7, 11) is -4.80. The highest BCUT2D eigenvalue weighted by Gasteiger charge is 2.39. The van der Waals surface area contributed by atoms with Crippen molar-refractivity contribution in [3.63, 3.8) is 0 Å². The Morgan fingerprint density at radius 3 is 2.36 bits per heavy atom. The maximum Gasteiger partial charge on any atom is 0.430 e. The molecule has 216 valence electrons. The van der Waals surface area contributed by atoms with E-state index in [0.717, 1.165) is 23.5 Å². The van der Waals surface area contributed by atoms with E-state index in [0.29, 0.717) is 30.4 Å². The van der Waals surface area contributed by atoms with Gasteiger partial charge in [0.1, 0.15) is 21.9 Å². The third-order valence-corrected chi connectivity index (χ3v) is 8.17. The van der Waals surface area contributed by atoms with Crippen LogP contribution in [0.15, 0.2) is 27.9 Å². The zero-order chi connectivity index (χ0) is 29.3. The van der Waals surface area contributed by atoms with Crippen LogP contribution in [0.1, 0.15) is 54.9 Å². The number of rotatable bonds is 6. The molecule has 1 unspecified atom stereocenters. The predicted molar refractivity (Wildman–Crippen MR) is 149 cm³/mol. The van der Waals surface area contributed by atoms with Crippen molar-refractivity contribution in [1.82, 2.24) is 9.88 Å². The summed E-state index contributed by atoms with van der Waals surface area (Å²) in [5.74, 6) is -1.32. The fourth-order valence-electron chi connectivity index (χ4n) is 4.07. The van der Waals surface area contributed by atoms with Gasteiger partial charge in [-0.1, -0.05) is 11.6 Å². The number of hydrogen-bond donors (Lipinski definition) is 0. The van der Waals surface area contributed by atoms with Crippen molar-refractivity contribution in [3.05, 3.63) is 33.9 Å². The molecule has 1 saturated heterocycles. The molecule has 1 fully saturated rings. The highest BCUT2D eigenvalue weighted by Crippen LogP contribution is 2.36. The SMILES string of the molecule is CCN(c1cc(F)c(S(=O)(=O)N(C(=O)OC(C)(C)C)c2cscn2)cc1Cl)C1CCN(C(=O)OC(C)(C)C)C1. The molecule has 0 N–H and O–H groups in total. The van der Waals surface area contributed by atoms with Gasteiger partial charge in [0.25, 0.3) is 10.0 Å². The van der Waals surface area contributed by atoms with Gasteiger partial charge in [-0.05, 0) is 61.0 Å². The van der Waals surface area contributed by atoms with Crippen molar-refractivity contribution >= 4 is 56.7 Å². The third kappa shape index (κ3) is 7.31. The van der Waals surface area contributed by atoms with Gasteiger partial charge in [0.15, 0.2) is 5.82 Å². The van der Waals surface area contributed by atoms with Crippen LogP contribution in [0, 0.1) is 5.82 Å². The summed E-state index contributed by atoms with van der Waals surface area (Å²) in [5.41, 5.74) is -0.0457. The van der Waals surface area contributed by atoms with Gasteiger partial charge in [-0.25, -0.2) is 27.4 Å². The van der Waals surface area contributed by atoms with E-state index in [9.17, 15) is 18.0 Å². The van der Waals surface area contributed by atoms with Crippen molar-refractivity contribution < 1.29 is 31.9 Å². The van der Waals surface area contributed by atoms with Crippen LogP contribution in [0.5, 0.6) is 0 Å². The summed E-state index contributed by atoms with van der Waals surface area (Å²) in [6.07, 6.45) is -1.08. The number of amides is 2. The number of benzene rings is 1. The first-order chi connectivity index (χ1) is 17.9. The van der Waals surface area contributed by atoms with Crippen molar-refractivity contribution in [2.45, 2.75) is 77.0 Å². The highest BCUT2D eigenvalue weighted by atomic mass is 35.5. The zero-order valence-corrected chi connectivity index (χ0v) is 25.4. The quantitative estimate of drug-likeness (QED) is 0.401. The van der Waals surface area contributed by atoms with Crippen LogP contribution < -0.4 is 9.21 Å². The van der Waals surface area contributed by atoms with Gasteiger partial charge >= 0.3 is 12.2 Å². The van der Waals surface area contributed by atoms with E-state index in [2.05, 4.69) is 4.98 Å². The molecule has 0 aliphatic carbocycles. The molecule has 1 aromatic carbocycles. The lowest BCUT2D eigenvalue weighted by Crippen LogP contribution is -2.42. The van der Waals surface area contributed by atoms with Crippen molar-refractivity contribution in [3.8, 4) is 0 Å². The molecule has 0 bridgehead atoms. The summed E-state index contributed by atoms with van der Waals surface area (Å²) in [5, 5.41) is 1.31. The lowest BCUT2D eigenvalue weighted by atomic mass is 10.2. The lowest BCUT2D eigenvalue weighted by molar-refractivity contribution is 0.0292. The molecule has 0 saturated carbocycles. The normalized spacial score (nSPS) is 16.2. The van der Waals surface area contributed by atoms with Gasteiger partial charge in [0.05, 0.1) is 16.2 Å². The number of sulfonamides is 1. The second kappa shape index (κ2) is 11.5. The molecule has 0 radical (unpaired) electrons. The monoisotopic (exact) mass is 604 g/mol. The van der Waals surface area contributed by atoms with E-state index in [1.165, 1.54) is 10.9 Å². The topological polar surface area (TPSA) is 109 Å². The largest absolute Gasteiger partial charge is 0.444 e. The number of carbonyl (C=O) groups is 2. The van der Waals surface area contributed by atoms with Gasteiger partial charge in [0.2, 0.25) is 0 Å². The second-order valence-electron chi connectivity index (χ2n) is 11.0. The molecule has 0 spiro atoms. The zero-order valence-electron chi connectivity index (χ0n) is 23.0. The standard InChI is InChI=1S/C25H34ClFN4O6S2/c1-8-30(16-9-10-29(13-16)22(32)36-24(2,3)4)19-12-18(27)20(11-17(19)26)39(34,35)31(21-14-38-15-28-21)23(33)37-25(5,6)7/h11-12,14-16H,8-10,13H2,1-7H3. The van der Waals surface area contributed by atoms with Crippen LogP contribution in [0.2, 0.25) is 5.02 Å². The Morgan fingerprint density at radius 1 is 1.18 bits per heavy atom. The average molecular weight is 605 g/mol. The molecule has 1 aliphatic rings. The van der Waals surface area contributed by atoms with Gasteiger partial charge < -0.3 is 19.3 Å². The molecule has 1 aromatic heterocycles. The predicted octanol–water partition coefficient (Wildman–Crippen LogP) is 5.90. The third-order valence-electron chi connectivity index (χ3n) is 5.61. The van der Waals surface area contributed by atoms with Crippen LogP contribution in [0.4, 0.5) is 25.5 Å². The number of likely N-dealkylation sites (N-methyl/N-ethyl adjacent to an activating group) is 1. The Hall–Kier alpha value is -2.64. The van der Waals surface area contributed by atoms with E-state index in [1.807, 2.05) is 11.8 Å². The summed E-state index contributed by atoms with van der Waals surface area (Å²) >= 11 is 7.60. The van der Waals surface area contributed by atoms with Crippen molar-refractivity contribution in [2.75, 3.05) is 28.8 Å². The number of anilines is 2. The van der Waals surface area contributed by atoms with Crippen LogP contribution in [0.25, 0.3) is 0 Å². The van der Waals surface area contributed by atoms with E-state index in [4.69, 9.17) is 21.1 Å². The minimum atomic E-state index is -4.80. The van der Waals surface area contributed by atoms with E-state index < -0.39 is 44.1 Å². The number of halogens is 2.